The molecule has 45 heavy (non-hydrogen) atoms. The van der Waals surface area contributed by atoms with Crippen molar-refractivity contribution < 1.29 is 33.7 Å². The van der Waals surface area contributed by atoms with Gasteiger partial charge in [0.1, 0.15) is 13.1 Å². The lowest BCUT2D eigenvalue weighted by atomic mass is 9.64. The van der Waals surface area contributed by atoms with Crippen LogP contribution in [0.25, 0.3) is 5.57 Å². The molecule has 3 aliphatic heterocycles. The fourth-order valence-corrected chi connectivity index (χ4v) is 7.32. The number of carbonyl (C=O) groups excluding carboxylic acids is 3. The first-order valence-electron chi connectivity index (χ1n) is 15.8. The van der Waals surface area contributed by atoms with E-state index < -0.39 is 29.2 Å². The van der Waals surface area contributed by atoms with Gasteiger partial charge in [-0.3, -0.25) is 9.59 Å². The predicted octanol–water partition coefficient (Wildman–Crippen LogP) is 5.04. The number of hydrogen-bond donors (Lipinski definition) is 1. The quantitative estimate of drug-likeness (QED) is 0.375. The Balaban J connectivity index is 1.43. The molecule has 0 atom stereocenters. The predicted molar refractivity (Wildman–Crippen MR) is 168 cm³/mol. The van der Waals surface area contributed by atoms with Gasteiger partial charge in [-0.05, 0) is 82.7 Å². The molecule has 9 heteroatoms. The Morgan fingerprint density at radius 2 is 1.60 bits per heavy atom. The molecule has 2 amide bonds. The van der Waals surface area contributed by atoms with Crippen molar-refractivity contribution in [3.05, 3.63) is 93.6 Å². The molecule has 7 rings (SSSR count). The molecule has 9 nitrogen and oxygen atoms in total. The van der Waals surface area contributed by atoms with E-state index in [-0.39, 0.29) is 24.0 Å². The average Bonchev–Trinajstić information content (AvgIpc) is 3.82. The monoisotopic (exact) mass is 606 g/mol. The van der Waals surface area contributed by atoms with Gasteiger partial charge in [0.05, 0.1) is 11.1 Å². The molecule has 230 valence electrons. The lowest BCUT2D eigenvalue weighted by Crippen LogP contribution is -2.32. The maximum atomic E-state index is 13.2. The first-order chi connectivity index (χ1) is 21.6. The molecule has 2 aliphatic carbocycles. The first kappa shape index (κ1) is 29.0. The number of anilines is 1. The Labute approximate surface area is 261 Å². The van der Waals surface area contributed by atoms with Gasteiger partial charge in [0.15, 0.2) is 5.71 Å². The normalized spacial score (nSPS) is 20.5. The van der Waals surface area contributed by atoms with E-state index in [4.69, 9.17) is 4.84 Å². The van der Waals surface area contributed by atoms with Crippen LogP contribution in [0, 0.1) is 0 Å². The van der Waals surface area contributed by atoms with Crippen LogP contribution in [0.2, 0.25) is 0 Å². The minimum absolute atomic E-state index is 0.0184. The Kier molecular flexibility index (Phi) is 7.06. The van der Waals surface area contributed by atoms with Crippen LogP contribution in [0.15, 0.2) is 65.8 Å². The minimum atomic E-state index is -1.13. The Morgan fingerprint density at radius 3 is 2.29 bits per heavy atom. The molecule has 0 unspecified atom stereocenters. The summed E-state index contributed by atoms with van der Waals surface area (Å²) in [5.41, 5.74) is 7.07. The topological polar surface area (TPSA) is 107 Å². The minimum Gasteiger partial charge on any atom is -0.478 e. The molecular weight excluding hydrogens is 570 g/mol. The summed E-state index contributed by atoms with van der Waals surface area (Å²) >= 11 is 0. The van der Waals surface area contributed by atoms with Crippen LogP contribution in [-0.4, -0.2) is 70.4 Å². The number of hydrogen-bond acceptors (Lipinski definition) is 6. The smallest absolute Gasteiger partial charge is 0.363 e. The number of fused-ring (bicyclic) bond motifs is 2. The molecule has 3 fully saturated rings. The van der Waals surface area contributed by atoms with Gasteiger partial charge in [0, 0.05) is 62.0 Å². The van der Waals surface area contributed by atoms with E-state index in [1.165, 1.54) is 18.2 Å². The fraction of sp³-hybridized carbons (Fsp3) is 0.361. The number of imide groups is 1. The summed E-state index contributed by atoms with van der Waals surface area (Å²) in [5.74, 6) is -3.18. The van der Waals surface area contributed by atoms with Crippen molar-refractivity contribution in [1.82, 2.24) is 5.06 Å². The van der Waals surface area contributed by atoms with Gasteiger partial charge in [-0.15, -0.1) is 5.06 Å². The molecule has 0 bridgehead atoms. The second-order valence-electron chi connectivity index (χ2n) is 12.9. The van der Waals surface area contributed by atoms with E-state index >= 15 is 0 Å². The zero-order valence-electron chi connectivity index (χ0n) is 25.6. The van der Waals surface area contributed by atoms with Crippen LogP contribution in [0.3, 0.4) is 0 Å². The van der Waals surface area contributed by atoms with Crippen molar-refractivity contribution in [3.8, 4) is 0 Å². The second-order valence-corrected chi connectivity index (χ2v) is 12.9. The number of allylic oxidation sites excluding steroid dienone is 5. The third-order valence-corrected chi connectivity index (χ3v) is 9.77. The molecule has 0 saturated carbocycles. The van der Waals surface area contributed by atoms with Gasteiger partial charge in [0.25, 0.3) is 11.8 Å². The van der Waals surface area contributed by atoms with Crippen LogP contribution >= 0.6 is 0 Å². The first-order valence-corrected chi connectivity index (χ1v) is 15.8. The largest absolute Gasteiger partial charge is 0.478 e. The van der Waals surface area contributed by atoms with E-state index in [9.17, 15) is 24.3 Å². The number of amides is 2. The molecule has 3 saturated heterocycles. The van der Waals surface area contributed by atoms with Crippen LogP contribution in [-0.2, 0) is 19.8 Å². The third kappa shape index (κ3) is 4.90. The molecule has 0 spiro atoms. The van der Waals surface area contributed by atoms with Gasteiger partial charge in [0.2, 0.25) is 0 Å². The van der Waals surface area contributed by atoms with Crippen molar-refractivity contribution in [1.29, 1.82) is 0 Å². The van der Waals surface area contributed by atoms with E-state index in [1.807, 2.05) is 0 Å². The van der Waals surface area contributed by atoms with E-state index in [0.717, 1.165) is 91.1 Å². The van der Waals surface area contributed by atoms with Gasteiger partial charge >= 0.3 is 11.9 Å². The summed E-state index contributed by atoms with van der Waals surface area (Å²) in [6.45, 7) is 8.45. The molecule has 2 aromatic rings. The molecule has 1 N–H and O–H groups in total. The summed E-state index contributed by atoms with van der Waals surface area (Å²) in [4.78, 5) is 57.8. The maximum absolute atomic E-state index is 13.2. The number of carbonyl (C=O) groups is 4. The highest BCUT2D eigenvalue weighted by atomic mass is 16.7. The molecule has 5 aliphatic rings. The molecule has 0 aromatic heterocycles. The fourth-order valence-electron chi connectivity index (χ4n) is 7.32. The number of carboxylic acids is 1. The van der Waals surface area contributed by atoms with Crippen LogP contribution in [0.1, 0.15) is 89.8 Å². The Bertz CT molecular complexity index is 1780. The van der Waals surface area contributed by atoms with Crippen LogP contribution < -0.4 is 4.90 Å². The Morgan fingerprint density at radius 1 is 0.889 bits per heavy atom. The number of rotatable bonds is 5. The van der Waals surface area contributed by atoms with Gasteiger partial charge in [-0.1, -0.05) is 19.9 Å². The van der Waals surface area contributed by atoms with Gasteiger partial charge < -0.3 is 14.8 Å². The van der Waals surface area contributed by atoms with Crippen molar-refractivity contribution in [2.75, 3.05) is 31.1 Å². The summed E-state index contributed by atoms with van der Waals surface area (Å²) in [7, 11) is 0. The summed E-state index contributed by atoms with van der Waals surface area (Å²) in [6.07, 6.45) is 11.0. The average molecular weight is 607 g/mol. The van der Waals surface area contributed by atoms with Crippen LogP contribution in [0.4, 0.5) is 5.69 Å². The standard InChI is InChI=1S/C36H35N3O6/c1-36(2)29-20-23(37-15-3-4-16-37)8-11-26(29)33(27-12-9-24(21-30(27)36)38-17-5-6-18-38)28-19-22(7-10-25(28)34(42)43)35(44)45-39-31(40)13-14-32(39)41/h7-12,19-21H,3-6,13-18H2,1-2H3/p+1. The number of benzene rings is 2. The van der Waals surface area contributed by atoms with Crippen molar-refractivity contribution in [2.45, 2.75) is 57.8 Å². The molecular formula is C36H36N3O6+. The maximum Gasteiger partial charge on any atom is 0.363 e. The summed E-state index contributed by atoms with van der Waals surface area (Å²) in [5, 5.41) is 10.9. The number of nitrogens with zero attached hydrogens (tertiary/aromatic N) is 3. The highest BCUT2D eigenvalue weighted by Gasteiger charge is 2.40. The lowest BCUT2D eigenvalue weighted by Gasteiger charge is -2.40. The summed E-state index contributed by atoms with van der Waals surface area (Å²) in [6, 6.07) is 10.7. The highest BCUT2D eigenvalue weighted by molar-refractivity contribution is 6.09. The summed E-state index contributed by atoms with van der Waals surface area (Å²) < 4.78 is 2.40. The SMILES string of the molecule is CC1(C)C2=CC(=[N+]3CCCC3)C=CC2=C(c2cc(C(=O)ON3C(=O)CCC3=O)ccc2C(=O)O)c2ccc(N3CCCC3)cc21. The zero-order valence-corrected chi connectivity index (χ0v) is 25.6. The lowest BCUT2D eigenvalue weighted by molar-refractivity contribution is -0.504. The van der Waals surface area contributed by atoms with Crippen molar-refractivity contribution in [2.24, 2.45) is 0 Å². The zero-order chi connectivity index (χ0) is 31.5. The molecule has 2 aromatic carbocycles. The van der Waals surface area contributed by atoms with E-state index in [2.05, 4.69) is 59.8 Å². The van der Waals surface area contributed by atoms with Gasteiger partial charge in [-0.2, -0.15) is 0 Å². The number of hydroxylamine groups is 2. The van der Waals surface area contributed by atoms with Crippen molar-refractivity contribution in [3.63, 3.8) is 0 Å². The molecule has 3 heterocycles. The van der Waals surface area contributed by atoms with Gasteiger partial charge in [-0.25, -0.2) is 14.2 Å². The second kappa shape index (κ2) is 11.0. The van der Waals surface area contributed by atoms with E-state index in [1.54, 1.807) is 0 Å². The number of carboxylic acid groups (broad SMARTS) is 1. The van der Waals surface area contributed by atoms with E-state index in [0.29, 0.717) is 10.6 Å². The third-order valence-electron chi connectivity index (χ3n) is 9.77. The Hall–Kier alpha value is -4.79. The molecule has 0 radical (unpaired) electrons. The van der Waals surface area contributed by atoms with Crippen molar-refractivity contribution >= 4 is 40.7 Å². The number of aromatic carboxylic acids is 1. The van der Waals surface area contributed by atoms with Crippen LogP contribution in [0.5, 0.6) is 0 Å². The highest BCUT2D eigenvalue weighted by Crippen LogP contribution is 2.51.